The Balaban J connectivity index is 0.00000218. The molecule has 30 heavy (non-hydrogen) atoms. The largest absolute Gasteiger partial charge is 0.416 e. The van der Waals surface area contributed by atoms with Crippen molar-refractivity contribution < 1.29 is 18.0 Å². The number of amides is 1. The molecule has 1 aliphatic carbocycles. The van der Waals surface area contributed by atoms with E-state index in [-0.39, 0.29) is 36.1 Å². The maximum Gasteiger partial charge on any atom is 0.416 e. The lowest BCUT2D eigenvalue weighted by atomic mass is 9.91. The molecule has 0 spiro atoms. The summed E-state index contributed by atoms with van der Waals surface area (Å²) in [5, 5.41) is 10.5. The van der Waals surface area contributed by atoms with Crippen molar-refractivity contribution in [3.05, 3.63) is 52.3 Å². The first-order valence-corrected chi connectivity index (χ1v) is 10.1. The molecule has 1 aromatic carbocycles. The van der Waals surface area contributed by atoms with E-state index in [1.807, 2.05) is 4.90 Å². The minimum absolute atomic E-state index is 0. The summed E-state index contributed by atoms with van der Waals surface area (Å²) in [6, 6.07) is 5.92. The highest BCUT2D eigenvalue weighted by Gasteiger charge is 2.45. The van der Waals surface area contributed by atoms with Crippen LogP contribution in [0.5, 0.6) is 0 Å². The maximum atomic E-state index is 13.4. The van der Waals surface area contributed by atoms with Crippen LogP contribution < -0.4 is 5.32 Å². The topological polar surface area (TPSA) is 61.0 Å². The summed E-state index contributed by atoms with van der Waals surface area (Å²) in [7, 11) is 0. The van der Waals surface area contributed by atoms with Gasteiger partial charge in [-0.3, -0.25) is 9.89 Å². The molecule has 3 aliphatic rings. The van der Waals surface area contributed by atoms with E-state index in [2.05, 4.69) is 15.5 Å². The lowest BCUT2D eigenvalue weighted by Crippen LogP contribution is -2.32. The van der Waals surface area contributed by atoms with Crippen molar-refractivity contribution in [1.82, 2.24) is 20.4 Å². The molecule has 2 N–H and O–H groups in total. The molecule has 1 saturated heterocycles. The highest BCUT2D eigenvalue weighted by atomic mass is 35.5. The lowest BCUT2D eigenvalue weighted by Gasteiger charge is -2.21. The Morgan fingerprint density at radius 1 is 1.13 bits per heavy atom. The zero-order chi connectivity index (χ0) is 20.2. The van der Waals surface area contributed by atoms with E-state index in [0.29, 0.717) is 43.7 Å². The highest BCUT2D eigenvalue weighted by molar-refractivity contribution is 5.94. The zero-order valence-corrected chi connectivity index (χ0v) is 17.2. The van der Waals surface area contributed by atoms with Crippen molar-refractivity contribution in [2.24, 2.45) is 11.8 Å². The van der Waals surface area contributed by atoms with Crippen LogP contribution >= 0.6 is 12.4 Å². The van der Waals surface area contributed by atoms with Gasteiger partial charge >= 0.3 is 6.18 Å². The normalized spacial score (nSPS) is 25.6. The fourth-order valence-electron chi connectivity index (χ4n) is 5.40. The van der Waals surface area contributed by atoms with Crippen LogP contribution in [0.4, 0.5) is 13.2 Å². The van der Waals surface area contributed by atoms with Crippen LogP contribution in [0.3, 0.4) is 0 Å². The predicted molar refractivity (Wildman–Crippen MR) is 108 cm³/mol. The van der Waals surface area contributed by atoms with E-state index in [9.17, 15) is 18.0 Å². The molecule has 1 saturated carbocycles. The van der Waals surface area contributed by atoms with Crippen molar-refractivity contribution in [3.63, 3.8) is 0 Å². The van der Waals surface area contributed by atoms with Crippen LogP contribution in [-0.4, -0.2) is 40.6 Å². The Hall–Kier alpha value is -2.06. The summed E-state index contributed by atoms with van der Waals surface area (Å²) >= 11 is 0. The Morgan fingerprint density at radius 2 is 1.83 bits per heavy atom. The first-order valence-electron chi connectivity index (χ1n) is 10.1. The van der Waals surface area contributed by atoms with Crippen molar-refractivity contribution >= 4 is 18.3 Å². The molecule has 9 heteroatoms. The van der Waals surface area contributed by atoms with Gasteiger partial charge in [-0.1, -0.05) is 18.2 Å². The number of carbonyl (C=O) groups is 1. The summed E-state index contributed by atoms with van der Waals surface area (Å²) in [5.41, 5.74) is 2.38. The Kier molecular flexibility index (Phi) is 5.57. The number of rotatable bonds is 2. The Morgan fingerprint density at radius 3 is 2.53 bits per heavy atom. The van der Waals surface area contributed by atoms with E-state index in [0.717, 1.165) is 24.2 Å². The van der Waals surface area contributed by atoms with Crippen LogP contribution in [0, 0.1) is 11.8 Å². The number of H-pyrrole nitrogens is 1. The number of aromatic amines is 1. The van der Waals surface area contributed by atoms with Crippen molar-refractivity contribution in [1.29, 1.82) is 0 Å². The van der Waals surface area contributed by atoms with E-state index in [1.54, 1.807) is 12.1 Å². The molecule has 1 aromatic heterocycles. The number of halogens is 4. The average molecular weight is 441 g/mol. The second-order valence-electron chi connectivity index (χ2n) is 8.44. The Bertz CT molecular complexity index is 931. The van der Waals surface area contributed by atoms with Gasteiger partial charge in [0.1, 0.15) is 0 Å². The van der Waals surface area contributed by atoms with Crippen LogP contribution in [0.2, 0.25) is 0 Å². The number of alkyl halides is 3. The number of hydrogen-bond acceptors (Lipinski definition) is 3. The maximum absolute atomic E-state index is 13.4. The molecule has 0 bridgehead atoms. The SMILES string of the molecule is Cl.O=C(c1n[nH]c2c1CCNC2)N1C[C@H]2C[C@@H](c3ccccc3C(F)(F)F)C[C@H]2C1. The molecule has 0 unspecified atom stereocenters. The van der Waals surface area contributed by atoms with Gasteiger partial charge in [0.05, 0.1) is 11.3 Å². The number of aromatic nitrogens is 2. The number of benzene rings is 1. The molecule has 3 atom stereocenters. The van der Waals surface area contributed by atoms with Crippen molar-refractivity contribution in [2.75, 3.05) is 19.6 Å². The summed E-state index contributed by atoms with van der Waals surface area (Å²) in [6.45, 7) is 2.74. The molecule has 1 amide bonds. The third kappa shape index (κ3) is 3.60. The van der Waals surface area contributed by atoms with Gasteiger partial charge < -0.3 is 10.2 Å². The van der Waals surface area contributed by atoms with Gasteiger partial charge in [-0.15, -0.1) is 12.4 Å². The van der Waals surface area contributed by atoms with Gasteiger partial charge in [-0.2, -0.15) is 18.3 Å². The minimum Gasteiger partial charge on any atom is -0.337 e. The number of nitrogens with one attached hydrogen (secondary N) is 2. The molecule has 0 radical (unpaired) electrons. The number of hydrogen-bond donors (Lipinski definition) is 2. The van der Waals surface area contributed by atoms with E-state index < -0.39 is 11.7 Å². The highest BCUT2D eigenvalue weighted by Crippen LogP contribution is 2.49. The number of carbonyl (C=O) groups excluding carboxylic acids is 1. The summed E-state index contributed by atoms with van der Waals surface area (Å²) < 4.78 is 40.2. The van der Waals surface area contributed by atoms with Crippen molar-refractivity contribution in [3.8, 4) is 0 Å². The zero-order valence-electron chi connectivity index (χ0n) is 16.3. The van der Waals surface area contributed by atoms with Crippen LogP contribution in [0.1, 0.15) is 51.6 Å². The van der Waals surface area contributed by atoms with E-state index in [1.165, 1.54) is 12.1 Å². The quantitative estimate of drug-likeness (QED) is 0.747. The molecule has 162 valence electrons. The van der Waals surface area contributed by atoms with E-state index >= 15 is 0 Å². The van der Waals surface area contributed by atoms with Gasteiger partial charge in [-0.25, -0.2) is 0 Å². The molecule has 2 aromatic rings. The lowest BCUT2D eigenvalue weighted by molar-refractivity contribution is -0.138. The second-order valence-corrected chi connectivity index (χ2v) is 8.44. The monoisotopic (exact) mass is 440 g/mol. The molecular weight excluding hydrogens is 417 g/mol. The fraction of sp³-hybridized carbons (Fsp3) is 0.524. The molecule has 5 rings (SSSR count). The molecular formula is C21H24ClF3N4O. The van der Waals surface area contributed by atoms with Gasteiger partial charge in [-0.05, 0) is 55.2 Å². The number of nitrogens with zero attached hydrogens (tertiary/aromatic N) is 2. The van der Waals surface area contributed by atoms with E-state index in [4.69, 9.17) is 0 Å². The molecule has 2 aliphatic heterocycles. The first-order chi connectivity index (χ1) is 13.9. The molecule has 5 nitrogen and oxygen atoms in total. The van der Waals surface area contributed by atoms with Crippen LogP contribution in [0.25, 0.3) is 0 Å². The van der Waals surface area contributed by atoms with Gasteiger partial charge in [0.2, 0.25) is 0 Å². The summed E-state index contributed by atoms with van der Waals surface area (Å²) in [5.74, 6) is 0.360. The Labute approximate surface area is 178 Å². The molecule has 3 heterocycles. The van der Waals surface area contributed by atoms with Crippen LogP contribution in [0.15, 0.2) is 24.3 Å². The molecule has 2 fully saturated rings. The van der Waals surface area contributed by atoms with Gasteiger partial charge in [0.25, 0.3) is 5.91 Å². The van der Waals surface area contributed by atoms with Gasteiger partial charge in [0, 0.05) is 25.2 Å². The number of fused-ring (bicyclic) bond motifs is 2. The van der Waals surface area contributed by atoms with Crippen LogP contribution in [-0.2, 0) is 19.1 Å². The van der Waals surface area contributed by atoms with Crippen molar-refractivity contribution in [2.45, 2.75) is 37.9 Å². The third-order valence-corrected chi connectivity index (χ3v) is 6.75. The smallest absolute Gasteiger partial charge is 0.337 e. The fourth-order valence-corrected chi connectivity index (χ4v) is 5.40. The standard InChI is InChI=1S/C21H23F3N4O.ClH/c22-21(23,24)17-4-2-1-3-15(17)12-7-13-10-28(11-14(13)8-12)20(29)19-16-5-6-25-9-18(16)26-27-19;/h1-4,12-14,25H,5-11H2,(H,26,27);1H/t12-,13-,14+;. The second kappa shape index (κ2) is 7.89. The minimum atomic E-state index is -4.33. The predicted octanol–water partition coefficient (Wildman–Crippen LogP) is 3.76. The summed E-state index contributed by atoms with van der Waals surface area (Å²) in [4.78, 5) is 14.9. The van der Waals surface area contributed by atoms with Gasteiger partial charge in [0.15, 0.2) is 5.69 Å². The number of likely N-dealkylation sites (tertiary alicyclic amines) is 1. The first kappa shape index (κ1) is 21.2. The summed E-state index contributed by atoms with van der Waals surface area (Å²) in [6.07, 6.45) is -2.15. The average Bonchev–Trinajstić information content (AvgIpc) is 3.39. The third-order valence-electron chi connectivity index (χ3n) is 6.75.